The lowest BCUT2D eigenvalue weighted by Gasteiger charge is -2.17. The van der Waals surface area contributed by atoms with Crippen molar-refractivity contribution < 1.29 is 18.7 Å². The predicted molar refractivity (Wildman–Crippen MR) is 102 cm³/mol. The molecule has 3 rings (SSSR count). The number of esters is 1. The van der Waals surface area contributed by atoms with Gasteiger partial charge in [0.05, 0.1) is 5.92 Å². The zero-order chi connectivity index (χ0) is 19.2. The smallest absolute Gasteiger partial charge is 0.311 e. The van der Waals surface area contributed by atoms with Crippen molar-refractivity contribution in [2.75, 3.05) is 11.4 Å². The van der Waals surface area contributed by atoms with Crippen LogP contribution in [0.4, 0.5) is 10.1 Å². The molecule has 2 aromatic rings. The number of hydrogen-bond donors (Lipinski definition) is 0. The maximum Gasteiger partial charge on any atom is 0.311 e. The first-order chi connectivity index (χ1) is 13.1. The minimum atomic E-state index is -0.474. The number of hydrogen-bond acceptors (Lipinski definition) is 3. The molecule has 0 radical (unpaired) electrons. The fourth-order valence-corrected chi connectivity index (χ4v) is 3.19. The van der Waals surface area contributed by atoms with Gasteiger partial charge in [-0.1, -0.05) is 37.6 Å². The topological polar surface area (TPSA) is 46.6 Å². The number of amides is 1. The van der Waals surface area contributed by atoms with E-state index < -0.39 is 11.9 Å². The highest BCUT2D eigenvalue weighted by Gasteiger charge is 2.36. The molecule has 0 aliphatic carbocycles. The molecule has 0 unspecified atom stereocenters. The van der Waals surface area contributed by atoms with Crippen LogP contribution in [-0.2, 0) is 27.4 Å². The summed E-state index contributed by atoms with van der Waals surface area (Å²) in [4.78, 5) is 26.3. The first-order valence-corrected chi connectivity index (χ1v) is 9.37. The molecule has 5 heteroatoms. The maximum absolute atomic E-state index is 12.9. The van der Waals surface area contributed by atoms with Gasteiger partial charge in [0, 0.05) is 18.7 Å². The van der Waals surface area contributed by atoms with Crippen molar-refractivity contribution in [3.63, 3.8) is 0 Å². The third-order valence-electron chi connectivity index (χ3n) is 4.82. The van der Waals surface area contributed by atoms with Gasteiger partial charge in [-0.2, -0.15) is 0 Å². The molecular weight excluding hydrogens is 345 g/mol. The summed E-state index contributed by atoms with van der Waals surface area (Å²) in [6, 6.07) is 13.8. The van der Waals surface area contributed by atoms with E-state index in [2.05, 4.69) is 6.92 Å². The van der Waals surface area contributed by atoms with Crippen molar-refractivity contribution in [3.8, 4) is 0 Å². The Kier molecular flexibility index (Phi) is 6.22. The number of halogens is 1. The fourth-order valence-electron chi connectivity index (χ4n) is 3.19. The van der Waals surface area contributed by atoms with Crippen LogP contribution in [0.3, 0.4) is 0 Å². The van der Waals surface area contributed by atoms with Gasteiger partial charge < -0.3 is 9.64 Å². The highest BCUT2D eigenvalue weighted by atomic mass is 19.1. The highest BCUT2D eigenvalue weighted by molar-refractivity contribution is 5.99. The summed E-state index contributed by atoms with van der Waals surface area (Å²) in [5, 5.41) is 0. The zero-order valence-electron chi connectivity index (χ0n) is 15.5. The first kappa shape index (κ1) is 19.1. The van der Waals surface area contributed by atoms with E-state index in [1.807, 2.05) is 24.3 Å². The zero-order valence-corrected chi connectivity index (χ0v) is 15.5. The minimum Gasteiger partial charge on any atom is -0.461 e. The van der Waals surface area contributed by atoms with Crippen LogP contribution in [0.25, 0.3) is 0 Å². The van der Waals surface area contributed by atoms with Crippen LogP contribution in [0.2, 0.25) is 0 Å². The number of benzene rings is 2. The summed E-state index contributed by atoms with van der Waals surface area (Å²) in [7, 11) is 0. The van der Waals surface area contributed by atoms with Crippen LogP contribution in [0.15, 0.2) is 48.5 Å². The van der Waals surface area contributed by atoms with Gasteiger partial charge in [-0.05, 0) is 48.2 Å². The molecule has 1 fully saturated rings. The van der Waals surface area contributed by atoms with Crippen molar-refractivity contribution in [2.45, 2.75) is 39.2 Å². The largest absolute Gasteiger partial charge is 0.461 e. The van der Waals surface area contributed by atoms with E-state index in [0.717, 1.165) is 24.9 Å². The van der Waals surface area contributed by atoms with Crippen molar-refractivity contribution >= 4 is 17.6 Å². The second kappa shape index (κ2) is 8.80. The van der Waals surface area contributed by atoms with E-state index in [1.54, 1.807) is 17.0 Å². The molecule has 0 spiro atoms. The van der Waals surface area contributed by atoms with E-state index in [0.29, 0.717) is 12.1 Å². The molecule has 0 bridgehead atoms. The van der Waals surface area contributed by atoms with Crippen LogP contribution in [0, 0.1) is 11.7 Å². The van der Waals surface area contributed by atoms with Gasteiger partial charge in [0.25, 0.3) is 0 Å². The molecular formula is C22H24FNO3. The fraction of sp³-hybridized carbons (Fsp3) is 0.364. The van der Waals surface area contributed by atoms with Crippen LogP contribution in [0.1, 0.15) is 37.3 Å². The number of unbranched alkanes of at least 4 members (excludes halogenated alkanes) is 1. The second-order valence-corrected chi connectivity index (χ2v) is 6.91. The Morgan fingerprint density at radius 2 is 1.78 bits per heavy atom. The van der Waals surface area contributed by atoms with Gasteiger partial charge in [-0.25, -0.2) is 4.39 Å². The summed E-state index contributed by atoms with van der Waals surface area (Å²) in [6.45, 7) is 2.57. The van der Waals surface area contributed by atoms with Crippen LogP contribution in [0.5, 0.6) is 0 Å². The summed E-state index contributed by atoms with van der Waals surface area (Å²) >= 11 is 0. The number of carbonyl (C=O) groups excluding carboxylic acids is 2. The lowest BCUT2D eigenvalue weighted by molar-refractivity contribution is -0.149. The highest BCUT2D eigenvalue weighted by Crippen LogP contribution is 2.26. The number of ether oxygens (including phenoxy) is 1. The molecule has 1 aliphatic heterocycles. The molecule has 0 aromatic heterocycles. The average molecular weight is 369 g/mol. The molecule has 4 nitrogen and oxygen atoms in total. The molecule has 1 amide bonds. The summed E-state index contributed by atoms with van der Waals surface area (Å²) in [5.74, 6) is -1.27. The quantitative estimate of drug-likeness (QED) is 0.685. The molecule has 27 heavy (non-hydrogen) atoms. The van der Waals surface area contributed by atoms with E-state index in [4.69, 9.17) is 4.74 Å². The van der Waals surface area contributed by atoms with Gasteiger partial charge in [-0.3, -0.25) is 9.59 Å². The van der Waals surface area contributed by atoms with Gasteiger partial charge in [0.1, 0.15) is 12.4 Å². The minimum absolute atomic E-state index is 0.0694. The van der Waals surface area contributed by atoms with E-state index >= 15 is 0 Å². The lowest BCUT2D eigenvalue weighted by atomic mass is 10.1. The standard InChI is InChI=1S/C22H24FNO3/c1-2-3-4-16-7-11-20(12-8-16)24-14-18(13-21(24)25)22(26)27-15-17-5-9-19(23)10-6-17/h5-12,18H,2-4,13-15H2,1H3/t18-/m1/s1. The Morgan fingerprint density at radius 1 is 1.11 bits per heavy atom. The van der Waals surface area contributed by atoms with E-state index in [-0.39, 0.29) is 24.8 Å². The molecule has 1 saturated heterocycles. The molecule has 1 heterocycles. The van der Waals surface area contributed by atoms with Crippen molar-refractivity contribution in [2.24, 2.45) is 5.92 Å². The Bertz CT molecular complexity index is 786. The lowest BCUT2D eigenvalue weighted by Crippen LogP contribution is -2.26. The van der Waals surface area contributed by atoms with E-state index in [1.165, 1.54) is 17.7 Å². The van der Waals surface area contributed by atoms with Gasteiger partial charge in [0.15, 0.2) is 0 Å². The number of anilines is 1. The molecule has 0 N–H and O–H groups in total. The van der Waals surface area contributed by atoms with Crippen molar-refractivity contribution in [1.29, 1.82) is 0 Å². The van der Waals surface area contributed by atoms with Crippen LogP contribution >= 0.6 is 0 Å². The van der Waals surface area contributed by atoms with Crippen LogP contribution in [-0.4, -0.2) is 18.4 Å². The van der Waals surface area contributed by atoms with Gasteiger partial charge in [-0.15, -0.1) is 0 Å². The third-order valence-corrected chi connectivity index (χ3v) is 4.82. The molecule has 1 atom stereocenters. The SMILES string of the molecule is CCCCc1ccc(N2C[C@H](C(=O)OCc3ccc(F)cc3)CC2=O)cc1. The maximum atomic E-state index is 12.9. The third kappa shape index (κ3) is 4.94. The Morgan fingerprint density at radius 3 is 2.44 bits per heavy atom. The van der Waals surface area contributed by atoms with E-state index in [9.17, 15) is 14.0 Å². The monoisotopic (exact) mass is 369 g/mol. The van der Waals surface area contributed by atoms with Gasteiger partial charge in [0.2, 0.25) is 5.91 Å². The van der Waals surface area contributed by atoms with Crippen molar-refractivity contribution in [3.05, 3.63) is 65.5 Å². The summed E-state index contributed by atoms with van der Waals surface area (Å²) in [6.07, 6.45) is 3.47. The van der Waals surface area contributed by atoms with Gasteiger partial charge >= 0.3 is 5.97 Å². The average Bonchev–Trinajstić information content (AvgIpc) is 3.08. The van der Waals surface area contributed by atoms with Crippen molar-refractivity contribution in [1.82, 2.24) is 0 Å². The normalized spacial score (nSPS) is 16.6. The Balaban J connectivity index is 1.56. The summed E-state index contributed by atoms with van der Waals surface area (Å²) < 4.78 is 18.2. The number of carbonyl (C=O) groups is 2. The number of aryl methyl sites for hydroxylation is 1. The molecule has 2 aromatic carbocycles. The first-order valence-electron chi connectivity index (χ1n) is 9.37. The predicted octanol–water partition coefficient (Wildman–Crippen LogP) is 4.26. The molecule has 1 aliphatic rings. The molecule has 142 valence electrons. The Labute approximate surface area is 158 Å². The number of nitrogens with zero attached hydrogens (tertiary/aromatic N) is 1. The second-order valence-electron chi connectivity index (χ2n) is 6.91. The molecule has 0 saturated carbocycles. The Hall–Kier alpha value is -2.69. The summed E-state index contributed by atoms with van der Waals surface area (Å²) in [5.41, 5.74) is 2.78. The van der Waals surface area contributed by atoms with Crippen LogP contribution < -0.4 is 4.90 Å². The number of rotatable bonds is 7.